The first-order valence-electron chi connectivity index (χ1n) is 17.5. The number of amides is 2. The highest BCUT2D eigenvalue weighted by atomic mass is 32.2. The van der Waals surface area contributed by atoms with Crippen LogP contribution in [0.4, 0.5) is 0 Å². The van der Waals surface area contributed by atoms with Gasteiger partial charge in [0.15, 0.2) is 0 Å². The highest BCUT2D eigenvalue weighted by Crippen LogP contribution is 2.17. The van der Waals surface area contributed by atoms with Gasteiger partial charge in [-0.2, -0.15) is 8.42 Å². The molecule has 0 aromatic rings. The highest BCUT2D eigenvalue weighted by molar-refractivity contribution is 7.85. The van der Waals surface area contributed by atoms with Crippen LogP contribution in [0.3, 0.4) is 0 Å². The van der Waals surface area contributed by atoms with E-state index in [1.807, 2.05) is 4.90 Å². The van der Waals surface area contributed by atoms with E-state index < -0.39 is 74.4 Å². The van der Waals surface area contributed by atoms with Crippen LogP contribution in [0.15, 0.2) is 0 Å². The predicted octanol–water partition coefficient (Wildman–Crippen LogP) is -1.33. The summed E-state index contributed by atoms with van der Waals surface area (Å²) in [5, 5.41) is 2.49. The fourth-order valence-corrected chi connectivity index (χ4v) is 6.26. The molecule has 6 N–H and O–H groups in total. The SMILES string of the molecule is CC(C)(C)OC(=O)CN1CCN(CC(=O)OC(C)(C)C)CCN(C(C(N)=O)[C@@H](CS(=O)(=O)O)C(=O)NCCN)CCN(CC(=O)OC(C)(C)C)CC1. The number of carbonyl (C=O) groups excluding carboxylic acids is 5. The number of rotatable bonds is 14. The quantitative estimate of drug-likeness (QED) is 0.0909. The first-order chi connectivity index (χ1) is 23.7. The van der Waals surface area contributed by atoms with Gasteiger partial charge in [0.1, 0.15) is 22.8 Å². The lowest BCUT2D eigenvalue weighted by Gasteiger charge is -2.38. The van der Waals surface area contributed by atoms with Gasteiger partial charge >= 0.3 is 17.9 Å². The van der Waals surface area contributed by atoms with Crippen LogP contribution < -0.4 is 16.8 Å². The number of ether oxygens (including phenoxy) is 3. The zero-order valence-corrected chi connectivity index (χ0v) is 33.3. The standard InChI is InChI=1S/C33H63N7O11S/c1-31(2,3)49-25(41)20-37-12-14-38(21-26(42)50-32(4,5)6)16-18-40(19-17-39(15-13-37)22-27(43)51-33(7,8)9)28(29(35)44)24(23-52(46,47)48)30(45)36-11-10-34/h24,28H,10-23,34H2,1-9H3,(H2,35,44)(H,36,45)(H,46,47,48)/t24-,28?/m1/s1. The van der Waals surface area contributed by atoms with E-state index in [-0.39, 0.29) is 85.1 Å². The second kappa shape index (κ2) is 20.5. The summed E-state index contributed by atoms with van der Waals surface area (Å²) in [6.07, 6.45) is 0. The van der Waals surface area contributed by atoms with Gasteiger partial charge in [-0.15, -0.1) is 0 Å². The van der Waals surface area contributed by atoms with Crippen molar-refractivity contribution in [3.63, 3.8) is 0 Å². The molecule has 0 bridgehead atoms. The van der Waals surface area contributed by atoms with E-state index in [4.69, 9.17) is 25.7 Å². The van der Waals surface area contributed by atoms with Gasteiger partial charge in [-0.1, -0.05) is 0 Å². The van der Waals surface area contributed by atoms with Gasteiger partial charge in [0.2, 0.25) is 11.8 Å². The number of nitrogens with two attached hydrogens (primary N) is 2. The smallest absolute Gasteiger partial charge is 0.320 e. The largest absolute Gasteiger partial charge is 0.459 e. The maximum atomic E-state index is 13.3. The number of hydrogen-bond acceptors (Lipinski definition) is 15. The first kappa shape index (κ1) is 47.1. The molecule has 0 spiro atoms. The Bertz CT molecular complexity index is 1260. The molecule has 0 saturated carbocycles. The Balaban J connectivity index is 3.66. The minimum Gasteiger partial charge on any atom is -0.459 e. The average Bonchev–Trinajstić information content (AvgIpc) is 2.92. The van der Waals surface area contributed by atoms with E-state index in [2.05, 4.69) is 5.32 Å². The zero-order valence-electron chi connectivity index (χ0n) is 32.4. The lowest BCUT2D eigenvalue weighted by atomic mass is 9.97. The van der Waals surface area contributed by atoms with E-state index in [9.17, 15) is 36.9 Å². The zero-order chi connectivity index (χ0) is 40.1. The van der Waals surface area contributed by atoms with Crippen molar-refractivity contribution in [2.75, 3.05) is 90.8 Å². The molecule has 2 atom stereocenters. The molecule has 0 aliphatic carbocycles. The Morgan fingerprint density at radius 1 is 0.673 bits per heavy atom. The molecule has 1 aliphatic heterocycles. The summed E-state index contributed by atoms with van der Waals surface area (Å²) < 4.78 is 50.7. The monoisotopic (exact) mass is 765 g/mol. The molecule has 52 heavy (non-hydrogen) atoms. The van der Waals surface area contributed by atoms with Crippen molar-refractivity contribution in [1.29, 1.82) is 0 Å². The molecule has 1 saturated heterocycles. The predicted molar refractivity (Wildman–Crippen MR) is 193 cm³/mol. The Hall–Kier alpha value is -2.94. The molecule has 302 valence electrons. The molecule has 18 nitrogen and oxygen atoms in total. The van der Waals surface area contributed by atoms with Crippen molar-refractivity contribution in [1.82, 2.24) is 24.9 Å². The van der Waals surface area contributed by atoms with Crippen LogP contribution in [0.1, 0.15) is 62.3 Å². The maximum Gasteiger partial charge on any atom is 0.320 e. The first-order valence-corrected chi connectivity index (χ1v) is 19.1. The third kappa shape index (κ3) is 20.9. The van der Waals surface area contributed by atoms with Crippen LogP contribution in [0, 0.1) is 5.92 Å². The fraction of sp³-hybridized carbons (Fsp3) is 0.848. The summed E-state index contributed by atoms with van der Waals surface area (Å²) >= 11 is 0. The van der Waals surface area contributed by atoms with E-state index in [1.165, 1.54) is 4.90 Å². The van der Waals surface area contributed by atoms with E-state index in [0.717, 1.165) is 0 Å². The molecule has 1 fully saturated rings. The molecule has 2 amide bonds. The number of esters is 3. The van der Waals surface area contributed by atoms with Crippen molar-refractivity contribution in [2.24, 2.45) is 17.4 Å². The Kier molecular flexibility index (Phi) is 18.6. The highest BCUT2D eigenvalue weighted by Gasteiger charge is 2.40. The van der Waals surface area contributed by atoms with Crippen LogP contribution in [0.5, 0.6) is 0 Å². The van der Waals surface area contributed by atoms with E-state index in [1.54, 1.807) is 72.1 Å². The molecule has 1 aliphatic rings. The molecule has 0 aromatic carbocycles. The number of primary amides is 1. The van der Waals surface area contributed by atoms with Gasteiger partial charge in [0, 0.05) is 65.4 Å². The third-order valence-electron chi connectivity index (χ3n) is 7.43. The molecule has 0 radical (unpaired) electrons. The Labute approximate surface area is 308 Å². The van der Waals surface area contributed by atoms with Gasteiger partial charge in [-0.05, 0) is 62.3 Å². The molecular formula is C33H63N7O11S. The normalized spacial score (nSPS) is 18.3. The van der Waals surface area contributed by atoms with Gasteiger partial charge in [0.25, 0.3) is 10.1 Å². The number of nitrogens with one attached hydrogen (secondary N) is 1. The van der Waals surface area contributed by atoms with Crippen molar-refractivity contribution < 1.29 is 51.2 Å². The lowest BCUT2D eigenvalue weighted by Crippen LogP contribution is -2.59. The van der Waals surface area contributed by atoms with E-state index in [0.29, 0.717) is 0 Å². The van der Waals surface area contributed by atoms with Gasteiger partial charge in [-0.3, -0.25) is 48.1 Å². The second-order valence-electron chi connectivity index (χ2n) is 15.9. The molecular weight excluding hydrogens is 702 g/mol. The van der Waals surface area contributed by atoms with Gasteiger partial charge < -0.3 is 31.0 Å². The average molecular weight is 766 g/mol. The summed E-state index contributed by atoms with van der Waals surface area (Å²) in [7, 11) is -4.78. The van der Waals surface area contributed by atoms with Crippen LogP contribution in [-0.2, 0) is 48.3 Å². The summed E-state index contributed by atoms with van der Waals surface area (Å²) in [6, 6.07) is -1.53. The molecule has 0 aromatic heterocycles. The van der Waals surface area contributed by atoms with Crippen LogP contribution in [0.2, 0.25) is 0 Å². The van der Waals surface area contributed by atoms with Crippen molar-refractivity contribution in [3.05, 3.63) is 0 Å². The lowest BCUT2D eigenvalue weighted by molar-refractivity contribution is -0.158. The fourth-order valence-electron chi connectivity index (χ4n) is 5.47. The van der Waals surface area contributed by atoms with Crippen molar-refractivity contribution in [3.8, 4) is 0 Å². The van der Waals surface area contributed by atoms with Crippen molar-refractivity contribution >= 4 is 39.8 Å². The summed E-state index contributed by atoms with van der Waals surface area (Å²) in [6.45, 7) is 16.6. The minimum atomic E-state index is -4.78. The minimum absolute atomic E-state index is 0.00507. The number of nitrogens with zero attached hydrogens (tertiary/aromatic N) is 4. The third-order valence-corrected chi connectivity index (χ3v) is 8.21. The van der Waals surface area contributed by atoms with Crippen molar-refractivity contribution in [2.45, 2.75) is 85.2 Å². The molecule has 1 heterocycles. The summed E-state index contributed by atoms with van der Waals surface area (Å²) in [5.41, 5.74) is 9.13. The molecule has 1 unspecified atom stereocenters. The topological polar surface area (TPSA) is 244 Å². The van der Waals surface area contributed by atoms with Crippen LogP contribution in [0.25, 0.3) is 0 Å². The number of carbonyl (C=O) groups is 5. The van der Waals surface area contributed by atoms with Crippen LogP contribution in [-0.4, -0.2) is 176 Å². The van der Waals surface area contributed by atoms with Crippen LogP contribution >= 0.6 is 0 Å². The molecule has 19 heteroatoms. The summed E-state index contributed by atoms with van der Waals surface area (Å²) in [5.74, 6) is -6.11. The Morgan fingerprint density at radius 3 is 1.27 bits per heavy atom. The van der Waals surface area contributed by atoms with Gasteiger partial charge in [0.05, 0.1) is 31.3 Å². The summed E-state index contributed by atoms with van der Waals surface area (Å²) in [4.78, 5) is 72.2. The van der Waals surface area contributed by atoms with Gasteiger partial charge in [-0.25, -0.2) is 0 Å². The molecule has 1 rings (SSSR count). The second-order valence-corrected chi connectivity index (χ2v) is 17.4. The maximum absolute atomic E-state index is 13.3. The van der Waals surface area contributed by atoms with E-state index >= 15 is 0 Å². The number of hydrogen-bond donors (Lipinski definition) is 4. The Morgan fingerprint density at radius 2 is 1.00 bits per heavy atom.